The monoisotopic (exact) mass is 271 g/mol. The third-order valence-electron chi connectivity index (χ3n) is 4.91. The van der Waals surface area contributed by atoms with E-state index >= 15 is 0 Å². The number of carboxylic acids is 1. The first-order valence-electron chi connectivity index (χ1n) is 7.04. The number of aliphatic carboxylic acids is 1. The number of carbonyl (C=O) groups is 2. The summed E-state index contributed by atoms with van der Waals surface area (Å²) in [7, 11) is 0. The van der Waals surface area contributed by atoms with Crippen LogP contribution in [0, 0.1) is 0 Å². The van der Waals surface area contributed by atoms with Crippen molar-refractivity contribution >= 4 is 17.6 Å². The number of rotatable bonds is 1. The second-order valence-electron chi connectivity index (χ2n) is 5.84. The van der Waals surface area contributed by atoms with E-state index in [0.717, 1.165) is 12.1 Å². The highest BCUT2D eigenvalue weighted by atomic mass is 16.4. The van der Waals surface area contributed by atoms with E-state index in [4.69, 9.17) is 0 Å². The Balaban J connectivity index is 1.76. The number of amides is 1. The molecule has 5 nitrogen and oxygen atoms in total. The smallest absolute Gasteiger partial charge is 0.223 e. The molecule has 20 heavy (non-hydrogen) atoms. The van der Waals surface area contributed by atoms with Crippen molar-refractivity contribution in [2.45, 2.75) is 43.3 Å². The number of fused-ring (bicyclic) bond motifs is 5. The Bertz CT molecular complexity index is 601. The van der Waals surface area contributed by atoms with Crippen molar-refractivity contribution in [1.29, 1.82) is 0 Å². The van der Waals surface area contributed by atoms with Crippen molar-refractivity contribution in [2.75, 3.05) is 5.32 Å². The summed E-state index contributed by atoms with van der Waals surface area (Å²) in [4.78, 5) is 25.0. The van der Waals surface area contributed by atoms with Crippen LogP contribution in [0.5, 0.6) is 0 Å². The molecule has 1 aromatic rings. The third kappa shape index (κ3) is 1.43. The lowest BCUT2D eigenvalue weighted by Crippen LogP contribution is -2.60. The van der Waals surface area contributed by atoms with Crippen LogP contribution in [0.2, 0.25) is 0 Å². The van der Waals surface area contributed by atoms with Crippen molar-refractivity contribution in [3.05, 3.63) is 29.8 Å². The molecule has 2 fully saturated rings. The Kier molecular flexibility index (Phi) is 2.34. The summed E-state index contributed by atoms with van der Waals surface area (Å²) in [6.45, 7) is 0. The van der Waals surface area contributed by atoms with Gasteiger partial charge in [0, 0.05) is 18.0 Å². The third-order valence-corrected chi connectivity index (χ3v) is 4.91. The standard InChI is InChI=1S/C15H16N2O3/c18-13-6-5-11-14-9(7-12(15(19)20)17(11)13)8-3-1-2-4-10(8)16-14/h1-4,9,11-12,14,16H,5-7H2,(H,19,20)/p-1/t9-,11-,12+,14-/m1/s1. The number of nitrogens with one attached hydrogen (secondary N) is 1. The normalized spacial score (nSPS) is 34.2. The van der Waals surface area contributed by atoms with Gasteiger partial charge < -0.3 is 20.1 Å². The van der Waals surface area contributed by atoms with E-state index in [1.807, 2.05) is 24.3 Å². The maximum atomic E-state index is 12.0. The average molecular weight is 271 g/mol. The summed E-state index contributed by atoms with van der Waals surface area (Å²) >= 11 is 0. The minimum absolute atomic E-state index is 0.0310. The van der Waals surface area contributed by atoms with Crippen molar-refractivity contribution in [3.8, 4) is 0 Å². The van der Waals surface area contributed by atoms with Gasteiger partial charge in [0.2, 0.25) is 5.91 Å². The zero-order valence-electron chi connectivity index (χ0n) is 10.9. The number of carbonyl (C=O) groups excluding carboxylic acids is 2. The average Bonchev–Trinajstić information content (AvgIpc) is 2.99. The first-order chi connectivity index (χ1) is 9.66. The van der Waals surface area contributed by atoms with Gasteiger partial charge in [-0.3, -0.25) is 4.79 Å². The summed E-state index contributed by atoms with van der Waals surface area (Å²) in [6, 6.07) is 7.32. The summed E-state index contributed by atoms with van der Waals surface area (Å²) in [5, 5.41) is 14.9. The molecular formula is C15H15N2O3-. The van der Waals surface area contributed by atoms with Crippen LogP contribution < -0.4 is 10.4 Å². The number of carboxylic acid groups (broad SMARTS) is 1. The van der Waals surface area contributed by atoms with E-state index in [1.54, 1.807) is 4.90 Å². The molecule has 3 aliphatic heterocycles. The van der Waals surface area contributed by atoms with Gasteiger partial charge in [-0.15, -0.1) is 0 Å². The Morgan fingerprint density at radius 2 is 2.15 bits per heavy atom. The van der Waals surface area contributed by atoms with Crippen LogP contribution in [0.1, 0.15) is 30.7 Å². The molecule has 3 aliphatic rings. The molecule has 1 aromatic carbocycles. The van der Waals surface area contributed by atoms with E-state index in [9.17, 15) is 14.7 Å². The SMILES string of the molecule is O=C([O-])[C@@H]1C[C@@H]2c3ccccc3N[C@H]2[C@H]2CCC(=O)N21. The number of hydrogen-bond acceptors (Lipinski definition) is 4. The Morgan fingerprint density at radius 3 is 2.95 bits per heavy atom. The van der Waals surface area contributed by atoms with Crippen LogP contribution in [0.3, 0.4) is 0 Å². The predicted octanol–water partition coefficient (Wildman–Crippen LogP) is 0.0775. The molecule has 0 aliphatic carbocycles. The predicted molar refractivity (Wildman–Crippen MR) is 69.9 cm³/mol. The Hall–Kier alpha value is -2.04. The molecule has 0 saturated carbocycles. The van der Waals surface area contributed by atoms with Crippen molar-refractivity contribution in [2.24, 2.45) is 0 Å². The van der Waals surface area contributed by atoms with Crippen LogP contribution in [0.25, 0.3) is 0 Å². The second-order valence-corrected chi connectivity index (χ2v) is 5.84. The van der Waals surface area contributed by atoms with E-state index in [1.165, 1.54) is 5.56 Å². The number of hydrogen-bond donors (Lipinski definition) is 1. The van der Waals surface area contributed by atoms with Gasteiger partial charge in [0.05, 0.1) is 24.1 Å². The van der Waals surface area contributed by atoms with E-state index in [-0.39, 0.29) is 23.9 Å². The zero-order chi connectivity index (χ0) is 13.9. The maximum absolute atomic E-state index is 12.0. The van der Waals surface area contributed by atoms with Crippen molar-refractivity contribution in [1.82, 2.24) is 4.90 Å². The van der Waals surface area contributed by atoms with Crippen LogP contribution in [0.15, 0.2) is 24.3 Å². The van der Waals surface area contributed by atoms with Crippen LogP contribution in [-0.4, -0.2) is 34.9 Å². The highest BCUT2D eigenvalue weighted by Gasteiger charge is 2.51. The fourth-order valence-corrected chi connectivity index (χ4v) is 4.11. The van der Waals surface area contributed by atoms with Crippen molar-refractivity contribution < 1.29 is 14.7 Å². The van der Waals surface area contributed by atoms with Crippen LogP contribution in [0.4, 0.5) is 5.69 Å². The number of para-hydroxylation sites is 1. The molecule has 1 amide bonds. The fourth-order valence-electron chi connectivity index (χ4n) is 4.11. The topological polar surface area (TPSA) is 72.5 Å². The minimum Gasteiger partial charge on any atom is -0.548 e. The first-order valence-corrected chi connectivity index (χ1v) is 7.04. The lowest BCUT2D eigenvalue weighted by molar-refractivity contribution is -0.312. The number of anilines is 1. The second kappa shape index (κ2) is 3.98. The summed E-state index contributed by atoms with van der Waals surface area (Å²) in [6.07, 6.45) is 1.61. The molecule has 0 unspecified atom stereocenters. The Labute approximate surface area is 116 Å². The lowest BCUT2D eigenvalue weighted by Gasteiger charge is -2.45. The molecule has 4 atom stereocenters. The highest BCUT2D eigenvalue weighted by Crippen LogP contribution is 2.47. The van der Waals surface area contributed by atoms with E-state index in [2.05, 4.69) is 5.32 Å². The Morgan fingerprint density at radius 1 is 1.35 bits per heavy atom. The molecule has 2 saturated heterocycles. The van der Waals surface area contributed by atoms with E-state index in [0.29, 0.717) is 12.8 Å². The lowest BCUT2D eigenvalue weighted by atomic mass is 9.80. The van der Waals surface area contributed by atoms with Gasteiger partial charge in [-0.25, -0.2) is 0 Å². The quantitative estimate of drug-likeness (QED) is 0.785. The van der Waals surface area contributed by atoms with Crippen LogP contribution >= 0.6 is 0 Å². The number of nitrogens with zero attached hydrogens (tertiary/aromatic N) is 1. The van der Waals surface area contributed by atoms with Gasteiger partial charge in [0.15, 0.2) is 0 Å². The number of benzene rings is 1. The molecule has 4 rings (SSSR count). The van der Waals surface area contributed by atoms with Gasteiger partial charge >= 0.3 is 0 Å². The van der Waals surface area contributed by atoms with E-state index < -0.39 is 12.0 Å². The molecule has 0 aromatic heterocycles. The molecular weight excluding hydrogens is 256 g/mol. The summed E-state index contributed by atoms with van der Waals surface area (Å²) in [5.74, 6) is -1.03. The zero-order valence-corrected chi connectivity index (χ0v) is 10.9. The molecule has 104 valence electrons. The fraction of sp³-hybridized carbons (Fsp3) is 0.467. The summed E-state index contributed by atoms with van der Waals surface area (Å²) < 4.78 is 0. The van der Waals surface area contributed by atoms with Gasteiger partial charge in [0.25, 0.3) is 0 Å². The first kappa shape index (κ1) is 11.8. The molecule has 5 heteroatoms. The van der Waals surface area contributed by atoms with Gasteiger partial charge in [-0.2, -0.15) is 0 Å². The van der Waals surface area contributed by atoms with Gasteiger partial charge in [0.1, 0.15) is 0 Å². The van der Waals surface area contributed by atoms with Crippen LogP contribution in [-0.2, 0) is 9.59 Å². The molecule has 0 radical (unpaired) electrons. The molecule has 3 heterocycles. The van der Waals surface area contributed by atoms with Gasteiger partial charge in [-0.05, 0) is 24.5 Å². The number of piperidine rings is 1. The van der Waals surface area contributed by atoms with Crippen molar-refractivity contribution in [3.63, 3.8) is 0 Å². The maximum Gasteiger partial charge on any atom is 0.223 e. The van der Waals surface area contributed by atoms with Gasteiger partial charge in [-0.1, -0.05) is 18.2 Å². The molecule has 0 bridgehead atoms. The largest absolute Gasteiger partial charge is 0.548 e. The molecule has 1 N–H and O–H groups in total. The minimum atomic E-state index is -1.13. The highest BCUT2D eigenvalue weighted by molar-refractivity contribution is 5.86. The molecule has 0 spiro atoms. The summed E-state index contributed by atoms with van der Waals surface area (Å²) in [5.41, 5.74) is 2.24.